The third-order valence-electron chi connectivity index (χ3n) is 2.19. The van der Waals surface area contributed by atoms with E-state index in [1.54, 1.807) is 6.20 Å². The number of rotatable bonds is 5. The topological polar surface area (TPSA) is 36.4 Å². The Morgan fingerprint density at radius 3 is 2.67 bits per heavy atom. The number of pyridine rings is 1. The highest BCUT2D eigenvalue weighted by Gasteiger charge is 2.17. The predicted molar refractivity (Wildman–Crippen MR) is 61.5 cm³/mol. The van der Waals surface area contributed by atoms with Gasteiger partial charge in [0.2, 0.25) is 0 Å². The molecule has 3 heteroatoms. The van der Waals surface area contributed by atoms with Crippen molar-refractivity contribution in [2.24, 2.45) is 0 Å². The fourth-order valence-corrected chi connectivity index (χ4v) is 1.58. The third kappa shape index (κ3) is 4.91. The molecular weight excluding hydrogens is 188 g/mol. The first-order valence-electron chi connectivity index (χ1n) is 5.35. The van der Waals surface area contributed by atoms with Crippen LogP contribution in [0.3, 0.4) is 0 Å². The van der Waals surface area contributed by atoms with E-state index in [1.165, 1.54) is 5.56 Å². The minimum Gasteiger partial charge on any atom is -0.389 e. The molecule has 0 aliphatic rings. The normalized spacial score (nSPS) is 12.1. The second-order valence-electron chi connectivity index (χ2n) is 4.48. The fourth-order valence-electron chi connectivity index (χ4n) is 1.58. The lowest BCUT2D eigenvalue weighted by Crippen LogP contribution is -2.38. The zero-order valence-corrected chi connectivity index (χ0v) is 9.77. The fraction of sp³-hybridized carbons (Fsp3) is 0.583. The second-order valence-corrected chi connectivity index (χ2v) is 4.48. The molecule has 0 aliphatic carbocycles. The van der Waals surface area contributed by atoms with Crippen LogP contribution >= 0.6 is 0 Å². The van der Waals surface area contributed by atoms with E-state index in [4.69, 9.17) is 0 Å². The van der Waals surface area contributed by atoms with Crippen LogP contribution in [-0.4, -0.2) is 33.7 Å². The quantitative estimate of drug-likeness (QED) is 0.799. The number of aliphatic hydroxyl groups is 1. The number of likely N-dealkylation sites (N-methyl/N-ethyl adjacent to an activating group) is 1. The van der Waals surface area contributed by atoms with E-state index in [0.717, 1.165) is 13.1 Å². The van der Waals surface area contributed by atoms with E-state index in [2.05, 4.69) is 22.9 Å². The highest BCUT2D eigenvalue weighted by molar-refractivity contribution is 5.08. The van der Waals surface area contributed by atoms with Crippen molar-refractivity contribution in [2.75, 3.05) is 13.1 Å². The van der Waals surface area contributed by atoms with Gasteiger partial charge in [0.1, 0.15) is 0 Å². The summed E-state index contributed by atoms with van der Waals surface area (Å²) in [7, 11) is 0. The number of hydrogen-bond acceptors (Lipinski definition) is 3. The molecule has 0 saturated heterocycles. The van der Waals surface area contributed by atoms with Crippen LogP contribution in [0.2, 0.25) is 0 Å². The zero-order valence-electron chi connectivity index (χ0n) is 9.77. The lowest BCUT2D eigenvalue weighted by Gasteiger charge is -2.27. The van der Waals surface area contributed by atoms with Gasteiger partial charge in [-0.25, -0.2) is 0 Å². The van der Waals surface area contributed by atoms with E-state index < -0.39 is 5.60 Å². The van der Waals surface area contributed by atoms with E-state index in [-0.39, 0.29) is 0 Å². The second kappa shape index (κ2) is 5.24. The van der Waals surface area contributed by atoms with Gasteiger partial charge in [0.25, 0.3) is 0 Å². The molecule has 0 aromatic carbocycles. The van der Waals surface area contributed by atoms with Crippen molar-refractivity contribution in [3.8, 4) is 0 Å². The van der Waals surface area contributed by atoms with Crippen LogP contribution in [0, 0.1) is 0 Å². The highest BCUT2D eigenvalue weighted by atomic mass is 16.3. The van der Waals surface area contributed by atoms with Crippen molar-refractivity contribution in [3.63, 3.8) is 0 Å². The highest BCUT2D eigenvalue weighted by Crippen LogP contribution is 2.08. The van der Waals surface area contributed by atoms with E-state index >= 15 is 0 Å². The first-order valence-corrected chi connectivity index (χ1v) is 5.35. The molecule has 1 rings (SSSR count). The van der Waals surface area contributed by atoms with Crippen molar-refractivity contribution in [1.29, 1.82) is 0 Å². The molecule has 0 radical (unpaired) electrons. The van der Waals surface area contributed by atoms with Crippen molar-refractivity contribution in [2.45, 2.75) is 32.9 Å². The van der Waals surface area contributed by atoms with Crippen molar-refractivity contribution in [3.05, 3.63) is 30.1 Å². The first kappa shape index (κ1) is 12.1. The van der Waals surface area contributed by atoms with E-state index in [0.29, 0.717) is 6.54 Å². The van der Waals surface area contributed by atoms with Gasteiger partial charge in [-0.05, 0) is 32.0 Å². The van der Waals surface area contributed by atoms with Gasteiger partial charge >= 0.3 is 0 Å². The maximum absolute atomic E-state index is 9.74. The van der Waals surface area contributed by atoms with Gasteiger partial charge in [0.15, 0.2) is 0 Å². The molecule has 1 heterocycles. The summed E-state index contributed by atoms with van der Waals surface area (Å²) in [5.74, 6) is 0. The summed E-state index contributed by atoms with van der Waals surface area (Å²) in [5.41, 5.74) is 0.543. The van der Waals surface area contributed by atoms with Crippen LogP contribution in [0.1, 0.15) is 26.3 Å². The van der Waals surface area contributed by atoms with Crippen LogP contribution in [0.25, 0.3) is 0 Å². The predicted octanol–water partition coefficient (Wildman–Crippen LogP) is 1.67. The van der Waals surface area contributed by atoms with Gasteiger partial charge in [-0.3, -0.25) is 9.88 Å². The maximum atomic E-state index is 9.74. The number of aromatic nitrogens is 1. The molecule has 3 nitrogen and oxygen atoms in total. The van der Waals surface area contributed by atoms with E-state index in [9.17, 15) is 5.11 Å². The summed E-state index contributed by atoms with van der Waals surface area (Å²) in [6.45, 7) is 8.21. The molecule has 0 atom stereocenters. The van der Waals surface area contributed by atoms with Gasteiger partial charge in [0, 0.05) is 25.5 Å². The molecule has 0 aliphatic heterocycles. The van der Waals surface area contributed by atoms with Crippen LogP contribution in [0.15, 0.2) is 24.5 Å². The molecule has 0 spiro atoms. The summed E-state index contributed by atoms with van der Waals surface area (Å²) in [5, 5.41) is 9.74. The van der Waals surface area contributed by atoms with Gasteiger partial charge < -0.3 is 5.11 Å². The standard InChI is InChI=1S/C12H20N2O/c1-4-14(10-12(2,3)15)9-11-6-5-7-13-8-11/h5-8,15H,4,9-10H2,1-3H3. The molecule has 0 amide bonds. The summed E-state index contributed by atoms with van der Waals surface area (Å²) in [6.07, 6.45) is 3.64. The van der Waals surface area contributed by atoms with Crippen LogP contribution in [-0.2, 0) is 6.54 Å². The number of hydrogen-bond donors (Lipinski definition) is 1. The molecule has 0 unspecified atom stereocenters. The Kier molecular flexibility index (Phi) is 4.24. The SMILES string of the molecule is CCN(Cc1cccnc1)CC(C)(C)O. The van der Waals surface area contributed by atoms with Gasteiger partial charge in [-0.1, -0.05) is 13.0 Å². The number of nitrogens with zero attached hydrogens (tertiary/aromatic N) is 2. The Labute approximate surface area is 91.8 Å². The summed E-state index contributed by atoms with van der Waals surface area (Å²) < 4.78 is 0. The molecule has 1 aromatic rings. The molecule has 0 saturated carbocycles. The molecule has 0 fully saturated rings. The minimum absolute atomic E-state index is 0.641. The summed E-state index contributed by atoms with van der Waals surface area (Å²) in [6, 6.07) is 3.99. The van der Waals surface area contributed by atoms with E-state index in [1.807, 2.05) is 26.1 Å². The molecule has 0 bridgehead atoms. The average Bonchev–Trinajstić information content (AvgIpc) is 2.16. The smallest absolute Gasteiger partial charge is 0.0718 e. The molecule has 1 N–H and O–H groups in total. The van der Waals surface area contributed by atoms with Gasteiger partial charge in [0.05, 0.1) is 5.60 Å². The van der Waals surface area contributed by atoms with Crippen LogP contribution in [0.4, 0.5) is 0 Å². The Morgan fingerprint density at radius 1 is 1.47 bits per heavy atom. The summed E-state index contributed by atoms with van der Waals surface area (Å²) in [4.78, 5) is 6.28. The van der Waals surface area contributed by atoms with Crippen molar-refractivity contribution >= 4 is 0 Å². The Morgan fingerprint density at radius 2 is 2.20 bits per heavy atom. The Balaban J connectivity index is 2.55. The molecular formula is C12H20N2O. The molecule has 84 valence electrons. The Bertz CT molecular complexity index is 279. The monoisotopic (exact) mass is 208 g/mol. The van der Waals surface area contributed by atoms with Gasteiger partial charge in [-0.15, -0.1) is 0 Å². The van der Waals surface area contributed by atoms with Crippen LogP contribution < -0.4 is 0 Å². The first-order chi connectivity index (χ1) is 7.01. The lowest BCUT2D eigenvalue weighted by molar-refractivity contribution is 0.0353. The third-order valence-corrected chi connectivity index (χ3v) is 2.19. The van der Waals surface area contributed by atoms with Crippen molar-refractivity contribution < 1.29 is 5.11 Å². The lowest BCUT2D eigenvalue weighted by atomic mass is 10.1. The minimum atomic E-state index is -0.641. The zero-order chi connectivity index (χ0) is 11.3. The van der Waals surface area contributed by atoms with Crippen molar-refractivity contribution in [1.82, 2.24) is 9.88 Å². The molecule has 1 aromatic heterocycles. The molecule has 15 heavy (non-hydrogen) atoms. The largest absolute Gasteiger partial charge is 0.389 e. The van der Waals surface area contributed by atoms with Gasteiger partial charge in [-0.2, -0.15) is 0 Å². The van der Waals surface area contributed by atoms with Crippen LogP contribution in [0.5, 0.6) is 0 Å². The maximum Gasteiger partial charge on any atom is 0.0718 e. The summed E-state index contributed by atoms with van der Waals surface area (Å²) >= 11 is 0. The average molecular weight is 208 g/mol. The Hall–Kier alpha value is -0.930.